The summed E-state index contributed by atoms with van der Waals surface area (Å²) in [5.41, 5.74) is 2.36. The Morgan fingerprint density at radius 2 is 1.92 bits per heavy atom. The van der Waals surface area contributed by atoms with Crippen LogP contribution in [0, 0.1) is 5.92 Å². The van der Waals surface area contributed by atoms with Gasteiger partial charge in [-0.2, -0.15) is 0 Å². The molecule has 2 saturated carbocycles. The lowest BCUT2D eigenvalue weighted by Gasteiger charge is -2.65. The van der Waals surface area contributed by atoms with Gasteiger partial charge in [0, 0.05) is 57.8 Å². The van der Waals surface area contributed by atoms with Crippen LogP contribution < -0.4 is 20.1 Å². The van der Waals surface area contributed by atoms with Crippen molar-refractivity contribution in [1.82, 2.24) is 15.5 Å². The molecule has 0 radical (unpaired) electrons. The predicted molar refractivity (Wildman–Crippen MR) is 178 cm³/mol. The molecule has 11 heteroatoms. The number of hydrogen-bond acceptors (Lipinski definition) is 7. The Morgan fingerprint density at radius 1 is 1.17 bits per heavy atom. The normalized spacial score (nSPS) is 30.0. The molecule has 1 saturated heterocycles. The Kier molecular flexibility index (Phi) is 7.98. The lowest BCUT2D eigenvalue weighted by atomic mass is 9.48. The highest BCUT2D eigenvalue weighted by atomic mass is 16.6. The molecule has 3 amide bonds. The number of phenols is 1. The molecule has 2 heterocycles. The lowest BCUT2D eigenvalue weighted by molar-refractivity contribution is -0.950. The first-order valence-corrected chi connectivity index (χ1v) is 17.2. The number of carbonyl (C=O) groups excluding carboxylic acids is 3. The molecule has 3 fully saturated rings. The third-order valence-electron chi connectivity index (χ3n) is 11.7. The molecule has 0 aromatic heterocycles. The quantitative estimate of drug-likeness (QED) is 0.228. The summed E-state index contributed by atoms with van der Waals surface area (Å²) in [4.78, 5) is 39.5. The van der Waals surface area contributed by atoms with Gasteiger partial charge in [0.05, 0.1) is 25.6 Å². The summed E-state index contributed by atoms with van der Waals surface area (Å²) in [6.07, 6.45) is 4.74. The summed E-state index contributed by atoms with van der Waals surface area (Å²) in [6.45, 7) is 8.11. The van der Waals surface area contributed by atoms with Gasteiger partial charge in [-0.15, -0.1) is 0 Å². The van der Waals surface area contributed by atoms with Crippen LogP contribution in [0.15, 0.2) is 48.6 Å². The molecule has 48 heavy (non-hydrogen) atoms. The van der Waals surface area contributed by atoms with Crippen molar-refractivity contribution in [3.8, 4) is 17.2 Å². The van der Waals surface area contributed by atoms with Gasteiger partial charge in [0.2, 0.25) is 11.8 Å². The van der Waals surface area contributed by atoms with E-state index in [0.717, 1.165) is 58.6 Å². The molecule has 2 bridgehead atoms. The van der Waals surface area contributed by atoms with Crippen molar-refractivity contribution in [2.24, 2.45) is 5.92 Å². The maximum absolute atomic E-state index is 13.3. The SMILES string of the molecule is C=C1CC[C@@]2(O)[C@@H]3Cc4ccc(OC(=O)N(C)CCNC(=O)[C@H](Cc5ccc(O)cc5)NC(C)=O)c5c4[C@@]2(CC[N+]3(C)CC2CC2)[C@H]1O5. The van der Waals surface area contributed by atoms with Crippen molar-refractivity contribution in [3.63, 3.8) is 0 Å². The van der Waals surface area contributed by atoms with Gasteiger partial charge in [-0.1, -0.05) is 24.8 Å². The molecule has 3 aliphatic carbocycles. The number of hydrogen-bond donors (Lipinski definition) is 4. The lowest BCUT2D eigenvalue weighted by Crippen LogP contribution is -2.80. The predicted octanol–water partition coefficient (Wildman–Crippen LogP) is 2.95. The van der Waals surface area contributed by atoms with Gasteiger partial charge >= 0.3 is 6.09 Å². The minimum Gasteiger partial charge on any atom is -0.508 e. The molecule has 1 spiro atoms. The topological polar surface area (TPSA) is 137 Å². The monoisotopic (exact) mass is 659 g/mol. The van der Waals surface area contributed by atoms with E-state index in [1.165, 1.54) is 36.8 Å². The maximum Gasteiger partial charge on any atom is 0.415 e. The van der Waals surface area contributed by atoms with Crippen LogP contribution >= 0.6 is 0 Å². The highest BCUT2D eigenvalue weighted by Crippen LogP contribution is 2.67. The molecule has 2 aromatic rings. The van der Waals surface area contributed by atoms with Gasteiger partial charge in [-0.05, 0) is 60.6 Å². The van der Waals surface area contributed by atoms with Gasteiger partial charge in [-0.25, -0.2) is 4.79 Å². The second kappa shape index (κ2) is 11.8. The first-order valence-electron chi connectivity index (χ1n) is 17.2. The number of aliphatic hydroxyl groups is 1. The molecule has 2 aliphatic heterocycles. The molecule has 2 aromatic carbocycles. The van der Waals surface area contributed by atoms with Crippen LogP contribution in [0.2, 0.25) is 0 Å². The average Bonchev–Trinajstić information content (AvgIpc) is 3.77. The summed E-state index contributed by atoms with van der Waals surface area (Å²) in [6, 6.07) is 9.55. The summed E-state index contributed by atoms with van der Waals surface area (Å²) in [5.74, 6) is 0.999. The fourth-order valence-corrected chi connectivity index (χ4v) is 9.19. The molecule has 256 valence electrons. The molecule has 7 rings (SSSR count). The summed E-state index contributed by atoms with van der Waals surface area (Å²) < 4.78 is 13.5. The Balaban J connectivity index is 1.04. The maximum atomic E-state index is 13.3. The minimum atomic E-state index is -0.936. The van der Waals surface area contributed by atoms with Crippen molar-refractivity contribution in [2.45, 2.75) is 81.1 Å². The van der Waals surface area contributed by atoms with E-state index in [0.29, 0.717) is 24.3 Å². The number of nitrogens with one attached hydrogen (secondary N) is 2. The van der Waals surface area contributed by atoms with E-state index in [9.17, 15) is 24.6 Å². The number of likely N-dealkylation sites (tertiary alicyclic amines) is 1. The number of benzene rings is 2. The fourth-order valence-electron chi connectivity index (χ4n) is 9.19. The third kappa shape index (κ3) is 5.31. The number of ether oxygens (including phenoxy) is 2. The minimum absolute atomic E-state index is 0.0746. The van der Waals surface area contributed by atoms with Gasteiger partial charge in [0.25, 0.3) is 0 Å². The zero-order chi connectivity index (χ0) is 34.0. The van der Waals surface area contributed by atoms with E-state index in [-0.39, 0.29) is 49.2 Å². The van der Waals surface area contributed by atoms with Crippen molar-refractivity contribution in [2.75, 3.05) is 40.3 Å². The first-order chi connectivity index (χ1) is 22.8. The van der Waals surface area contributed by atoms with Crippen molar-refractivity contribution in [3.05, 3.63) is 65.2 Å². The van der Waals surface area contributed by atoms with E-state index in [1.807, 2.05) is 12.1 Å². The summed E-state index contributed by atoms with van der Waals surface area (Å²) >= 11 is 0. The standard InChI is InChI=1S/C37H46N4O7/c1-22-13-14-37(46)30-20-26-9-12-29(32-31(26)36(37,33(22)48-32)15-18-41(30,4)21-25-5-6-25)47-35(45)40(3)17-16-38-34(44)28(39-23(2)42)19-24-7-10-27(43)11-8-24/h7-12,25,28,30,33,46H,1,5-6,13-21H2,2-4H3,(H2-,38,39,42,43,44)/p+1/t28-,30-,33-,36-,37+,41?/m0/s1. The largest absolute Gasteiger partial charge is 0.508 e. The number of aromatic hydroxyl groups is 1. The Bertz CT molecular complexity index is 1660. The number of piperidine rings is 1. The van der Waals surface area contributed by atoms with Crippen molar-refractivity contribution >= 4 is 17.9 Å². The Morgan fingerprint density at radius 3 is 2.62 bits per heavy atom. The summed E-state index contributed by atoms with van der Waals surface area (Å²) in [5, 5.41) is 27.8. The van der Waals surface area contributed by atoms with Crippen LogP contribution in [-0.4, -0.2) is 102 Å². The van der Waals surface area contributed by atoms with Crippen LogP contribution in [0.3, 0.4) is 0 Å². The molecule has 5 aliphatic rings. The molecule has 4 N–H and O–H groups in total. The second-order valence-corrected chi connectivity index (χ2v) is 15.0. The van der Waals surface area contributed by atoms with E-state index >= 15 is 0 Å². The number of rotatable bonds is 10. The van der Waals surface area contributed by atoms with E-state index in [2.05, 4.69) is 24.3 Å². The highest BCUT2D eigenvalue weighted by molar-refractivity contribution is 5.87. The number of nitrogens with zero attached hydrogens (tertiary/aromatic N) is 2. The van der Waals surface area contributed by atoms with Gasteiger partial charge in [0.1, 0.15) is 29.5 Å². The molecular weight excluding hydrogens is 612 g/mol. The van der Waals surface area contributed by atoms with E-state index in [1.54, 1.807) is 19.2 Å². The Labute approximate surface area is 281 Å². The Hall–Kier alpha value is -4.09. The molecule has 1 unspecified atom stereocenters. The van der Waals surface area contributed by atoms with Crippen molar-refractivity contribution < 1.29 is 38.6 Å². The number of likely N-dealkylation sites (N-methyl/N-ethyl adjacent to an activating group) is 2. The zero-order valence-corrected chi connectivity index (χ0v) is 28.1. The highest BCUT2D eigenvalue weighted by Gasteiger charge is 2.75. The summed E-state index contributed by atoms with van der Waals surface area (Å²) in [7, 11) is 3.93. The van der Waals surface area contributed by atoms with Crippen molar-refractivity contribution in [1.29, 1.82) is 0 Å². The van der Waals surface area contributed by atoms with Gasteiger partial charge < -0.3 is 39.7 Å². The van der Waals surface area contributed by atoms with Crippen LogP contribution in [0.25, 0.3) is 0 Å². The van der Waals surface area contributed by atoms with Crippen LogP contribution in [0.1, 0.15) is 55.7 Å². The van der Waals surface area contributed by atoms with Crippen LogP contribution in [-0.2, 0) is 27.8 Å². The molecular formula is C37H47N4O7+. The number of phenolic OH excluding ortho intramolecular Hbond substituents is 1. The fraction of sp³-hybridized carbons (Fsp3) is 0.541. The third-order valence-corrected chi connectivity index (χ3v) is 11.7. The number of quaternary nitrogens is 1. The van der Waals surface area contributed by atoms with Crippen LogP contribution in [0.5, 0.6) is 17.2 Å². The molecule has 6 atom stereocenters. The number of amides is 3. The van der Waals surface area contributed by atoms with Gasteiger partial charge in [-0.3, -0.25) is 9.59 Å². The average molecular weight is 660 g/mol. The number of carbonyl (C=O) groups is 3. The molecule has 11 nitrogen and oxygen atoms in total. The first kappa shape index (κ1) is 32.5. The van der Waals surface area contributed by atoms with Gasteiger partial charge in [0.15, 0.2) is 11.5 Å². The van der Waals surface area contributed by atoms with Crippen LogP contribution in [0.4, 0.5) is 4.79 Å². The second-order valence-electron chi connectivity index (χ2n) is 15.0. The smallest absolute Gasteiger partial charge is 0.415 e. The van der Waals surface area contributed by atoms with E-state index < -0.39 is 23.2 Å². The van der Waals surface area contributed by atoms with E-state index in [4.69, 9.17) is 9.47 Å². The zero-order valence-electron chi connectivity index (χ0n) is 28.1.